The van der Waals surface area contributed by atoms with E-state index in [0.717, 1.165) is 17.7 Å². The van der Waals surface area contributed by atoms with Gasteiger partial charge in [-0.1, -0.05) is 18.9 Å². The molecule has 8 heteroatoms. The van der Waals surface area contributed by atoms with Crippen LogP contribution in [0.25, 0.3) is 0 Å². The highest BCUT2D eigenvalue weighted by atomic mass is 19.1. The number of rotatable bonds is 5. The molecule has 3 amide bonds. The van der Waals surface area contributed by atoms with E-state index >= 15 is 0 Å². The van der Waals surface area contributed by atoms with E-state index < -0.39 is 30.3 Å². The molecule has 0 unspecified atom stereocenters. The van der Waals surface area contributed by atoms with Crippen LogP contribution in [0.15, 0.2) is 18.2 Å². The number of aryl methyl sites for hydroxylation is 1. The lowest BCUT2D eigenvalue weighted by molar-refractivity contribution is -0.159. The van der Waals surface area contributed by atoms with Gasteiger partial charge in [0.1, 0.15) is 11.9 Å². The zero-order chi connectivity index (χ0) is 20.4. The van der Waals surface area contributed by atoms with Crippen molar-refractivity contribution in [3.05, 3.63) is 29.6 Å². The number of likely N-dealkylation sites (tertiary alicyclic amines) is 1. The second-order valence-electron chi connectivity index (χ2n) is 7.34. The summed E-state index contributed by atoms with van der Waals surface area (Å²) in [6.45, 7) is 2.42. The molecular weight excluding hydrogens is 367 g/mol. The monoisotopic (exact) mass is 390 g/mol. The number of benzene rings is 1. The van der Waals surface area contributed by atoms with Gasteiger partial charge in [-0.3, -0.25) is 19.3 Å². The van der Waals surface area contributed by atoms with Gasteiger partial charge in [-0.25, -0.2) is 9.18 Å². The first-order chi connectivity index (χ1) is 13.3. The quantitative estimate of drug-likeness (QED) is 0.614. The van der Waals surface area contributed by atoms with Gasteiger partial charge in [-0.05, 0) is 44.4 Å². The number of halogens is 1. The molecule has 2 fully saturated rings. The van der Waals surface area contributed by atoms with Crippen molar-refractivity contribution in [3.63, 3.8) is 0 Å². The lowest BCUT2D eigenvalue weighted by atomic mass is 9.81. The fourth-order valence-electron chi connectivity index (χ4n) is 3.80. The Labute approximate surface area is 162 Å². The Balaban J connectivity index is 1.55. The summed E-state index contributed by atoms with van der Waals surface area (Å²) in [6, 6.07) is 3.13. The summed E-state index contributed by atoms with van der Waals surface area (Å²) in [6.07, 6.45) is 3.10. The van der Waals surface area contributed by atoms with Crippen LogP contribution < -0.4 is 5.32 Å². The van der Waals surface area contributed by atoms with E-state index in [-0.39, 0.29) is 29.3 Å². The third-order valence-electron chi connectivity index (χ3n) is 5.40. The van der Waals surface area contributed by atoms with Crippen LogP contribution in [0.2, 0.25) is 0 Å². The third-order valence-corrected chi connectivity index (χ3v) is 5.40. The number of carbonyl (C=O) groups is 4. The van der Waals surface area contributed by atoms with Gasteiger partial charge in [0.2, 0.25) is 11.8 Å². The third kappa shape index (κ3) is 3.90. The summed E-state index contributed by atoms with van der Waals surface area (Å²) in [5.74, 6) is -3.30. The molecule has 1 heterocycles. The van der Waals surface area contributed by atoms with Gasteiger partial charge in [-0.15, -0.1) is 0 Å². The van der Waals surface area contributed by atoms with Crippen LogP contribution in [0.4, 0.5) is 10.1 Å². The Morgan fingerprint density at radius 3 is 2.39 bits per heavy atom. The highest BCUT2D eigenvalue weighted by Crippen LogP contribution is 2.38. The molecule has 0 bridgehead atoms. The zero-order valence-corrected chi connectivity index (χ0v) is 15.9. The van der Waals surface area contributed by atoms with Crippen molar-refractivity contribution in [2.75, 3.05) is 11.9 Å². The van der Waals surface area contributed by atoms with E-state index in [2.05, 4.69) is 5.32 Å². The van der Waals surface area contributed by atoms with Crippen LogP contribution in [-0.2, 0) is 23.9 Å². The molecule has 7 nitrogen and oxygen atoms in total. The molecule has 0 radical (unpaired) electrons. The maximum Gasteiger partial charge on any atom is 0.329 e. The van der Waals surface area contributed by atoms with Crippen molar-refractivity contribution in [1.82, 2.24) is 4.90 Å². The Morgan fingerprint density at radius 1 is 1.21 bits per heavy atom. The summed E-state index contributed by atoms with van der Waals surface area (Å²) < 4.78 is 18.5. The minimum Gasteiger partial charge on any atom is -0.454 e. The van der Waals surface area contributed by atoms with Crippen LogP contribution >= 0.6 is 0 Å². The van der Waals surface area contributed by atoms with E-state index in [9.17, 15) is 23.6 Å². The maximum absolute atomic E-state index is 13.5. The largest absolute Gasteiger partial charge is 0.454 e. The van der Waals surface area contributed by atoms with Gasteiger partial charge < -0.3 is 10.1 Å². The van der Waals surface area contributed by atoms with E-state index in [1.165, 1.54) is 25.1 Å². The van der Waals surface area contributed by atoms with Crippen molar-refractivity contribution in [3.8, 4) is 0 Å². The van der Waals surface area contributed by atoms with Gasteiger partial charge in [0, 0.05) is 5.69 Å². The molecule has 0 aromatic heterocycles. The number of fused-ring (bicyclic) bond motifs is 1. The maximum atomic E-state index is 13.5. The van der Waals surface area contributed by atoms with Crippen LogP contribution in [0.1, 0.15) is 38.2 Å². The number of hydrogen-bond donors (Lipinski definition) is 1. The van der Waals surface area contributed by atoms with Crippen LogP contribution in [-0.4, -0.2) is 41.2 Å². The molecule has 1 aliphatic carbocycles. The molecule has 2 aliphatic rings. The molecule has 28 heavy (non-hydrogen) atoms. The molecule has 3 rings (SSSR count). The number of hydrogen-bond acceptors (Lipinski definition) is 5. The topological polar surface area (TPSA) is 92.8 Å². The Hall–Kier alpha value is -2.77. The van der Waals surface area contributed by atoms with Gasteiger partial charge >= 0.3 is 5.97 Å². The first-order valence-corrected chi connectivity index (χ1v) is 9.39. The molecule has 3 atom stereocenters. The van der Waals surface area contributed by atoms with Crippen molar-refractivity contribution >= 4 is 29.4 Å². The average Bonchev–Trinajstić information content (AvgIpc) is 2.93. The molecule has 1 saturated heterocycles. The van der Waals surface area contributed by atoms with Gasteiger partial charge in [0.05, 0.1) is 11.8 Å². The molecule has 1 aromatic rings. The van der Waals surface area contributed by atoms with Crippen molar-refractivity contribution in [2.24, 2.45) is 11.8 Å². The number of anilines is 1. The number of esters is 1. The van der Waals surface area contributed by atoms with Crippen LogP contribution in [0, 0.1) is 24.6 Å². The van der Waals surface area contributed by atoms with E-state index in [4.69, 9.17) is 4.74 Å². The molecule has 1 saturated carbocycles. The van der Waals surface area contributed by atoms with Crippen molar-refractivity contribution in [2.45, 2.75) is 45.6 Å². The zero-order valence-electron chi connectivity index (χ0n) is 15.9. The minimum absolute atomic E-state index is 0.242. The van der Waals surface area contributed by atoms with Crippen LogP contribution in [0.3, 0.4) is 0 Å². The average molecular weight is 390 g/mol. The number of nitrogens with one attached hydrogen (secondary N) is 1. The fraction of sp³-hybridized carbons (Fsp3) is 0.500. The summed E-state index contributed by atoms with van der Waals surface area (Å²) in [4.78, 5) is 50.2. The van der Waals surface area contributed by atoms with Gasteiger partial charge in [0.25, 0.3) is 5.91 Å². The molecule has 150 valence electrons. The predicted octanol–water partition coefficient (Wildman–Crippen LogP) is 2.18. The number of nitrogens with zero attached hydrogens (tertiary/aromatic N) is 1. The van der Waals surface area contributed by atoms with Gasteiger partial charge in [-0.2, -0.15) is 0 Å². The lowest BCUT2D eigenvalue weighted by Gasteiger charge is -2.21. The number of carbonyl (C=O) groups excluding carboxylic acids is 4. The SMILES string of the molecule is Cc1ccc(NC(=O)COC(=O)[C@H](C)N2C(=O)[C@@H]3CCCC[C@H]3C2=O)cc1F. The van der Waals surface area contributed by atoms with E-state index in [1.54, 1.807) is 6.92 Å². The highest BCUT2D eigenvalue weighted by Gasteiger charge is 2.51. The van der Waals surface area contributed by atoms with E-state index in [1.807, 2.05) is 0 Å². The number of ether oxygens (including phenoxy) is 1. The number of amides is 3. The highest BCUT2D eigenvalue weighted by molar-refractivity contribution is 6.08. The second-order valence-corrected chi connectivity index (χ2v) is 7.34. The van der Waals surface area contributed by atoms with E-state index in [0.29, 0.717) is 18.4 Å². The smallest absolute Gasteiger partial charge is 0.329 e. The summed E-state index contributed by atoms with van der Waals surface area (Å²) in [5.41, 5.74) is 0.685. The Bertz CT molecular complexity index is 801. The molecule has 0 spiro atoms. The molecule has 1 N–H and O–H groups in total. The normalized spacial score (nSPS) is 22.6. The second kappa shape index (κ2) is 8.08. The molecule has 1 aliphatic heterocycles. The van der Waals surface area contributed by atoms with Crippen molar-refractivity contribution in [1.29, 1.82) is 0 Å². The van der Waals surface area contributed by atoms with Crippen molar-refractivity contribution < 1.29 is 28.3 Å². The summed E-state index contributed by atoms with van der Waals surface area (Å²) >= 11 is 0. The van der Waals surface area contributed by atoms with Crippen LogP contribution in [0.5, 0.6) is 0 Å². The fourth-order valence-corrected chi connectivity index (χ4v) is 3.80. The molecule has 1 aromatic carbocycles. The Kier molecular flexibility index (Phi) is 5.76. The summed E-state index contributed by atoms with van der Waals surface area (Å²) in [5, 5.41) is 2.43. The molecular formula is C20H23FN2O5. The summed E-state index contributed by atoms with van der Waals surface area (Å²) in [7, 11) is 0. The predicted molar refractivity (Wildman–Crippen MR) is 97.5 cm³/mol. The first-order valence-electron chi connectivity index (χ1n) is 9.39. The Morgan fingerprint density at radius 2 is 1.82 bits per heavy atom. The standard InChI is InChI=1S/C20H23FN2O5/c1-11-7-8-13(9-16(11)21)22-17(24)10-28-20(27)12(2)23-18(25)14-5-3-4-6-15(14)19(23)26/h7-9,12,14-15H,3-6,10H2,1-2H3,(H,22,24)/t12-,14+,15+/m0/s1. The lowest BCUT2D eigenvalue weighted by Crippen LogP contribution is -2.45. The first kappa shape index (κ1) is 20.0. The minimum atomic E-state index is -1.09. The number of imide groups is 1. The van der Waals surface area contributed by atoms with Gasteiger partial charge in [0.15, 0.2) is 6.61 Å².